The Labute approximate surface area is 213 Å². The zero-order chi connectivity index (χ0) is 26.8. The molecule has 6 rings (SSSR count). The number of hydrogen-bond donors (Lipinski definition) is 4. The number of nitrogens with zero attached hydrogens (tertiary/aromatic N) is 1. The standard InChI is InChI=1S/C28H21F4N5O/c29-13-5-6-21-17(9-13)18(27(38)37-21)10-14-11-19-22(35-14)7-8-23-24(19)15-3-1-2-4-16(15)25(36-23)20(12-33)26(34)28(30,31)32/h5-12,34-35H,1-4,33H2,(H,37,38)/b18-10-,20-12-,34-26?. The molecule has 2 aromatic heterocycles. The fraction of sp³-hybridized carbons (Fsp3) is 0.179. The lowest BCUT2D eigenvalue weighted by molar-refractivity contribution is -0.110. The van der Waals surface area contributed by atoms with Crippen LogP contribution in [0.1, 0.15) is 40.9 Å². The molecule has 0 unspecified atom stereocenters. The summed E-state index contributed by atoms with van der Waals surface area (Å²) in [6.07, 6.45) is 0.432. The summed E-state index contributed by atoms with van der Waals surface area (Å²) in [7, 11) is 0. The van der Waals surface area contributed by atoms with Crippen LogP contribution < -0.4 is 11.1 Å². The van der Waals surface area contributed by atoms with E-state index >= 15 is 0 Å². The largest absolute Gasteiger partial charge is 0.433 e. The van der Waals surface area contributed by atoms with Crippen molar-refractivity contribution in [3.8, 4) is 0 Å². The summed E-state index contributed by atoms with van der Waals surface area (Å²) in [4.78, 5) is 20.4. The summed E-state index contributed by atoms with van der Waals surface area (Å²) < 4.78 is 54.2. The average Bonchev–Trinajstić information content (AvgIpc) is 3.44. The van der Waals surface area contributed by atoms with Crippen LogP contribution in [-0.4, -0.2) is 27.8 Å². The molecule has 5 N–H and O–H groups in total. The lowest BCUT2D eigenvalue weighted by Crippen LogP contribution is -2.25. The molecule has 192 valence electrons. The van der Waals surface area contributed by atoms with E-state index in [2.05, 4.69) is 15.3 Å². The molecule has 2 aromatic carbocycles. The smallest absolute Gasteiger partial charge is 0.404 e. The lowest BCUT2D eigenvalue weighted by atomic mass is 9.84. The van der Waals surface area contributed by atoms with Gasteiger partial charge < -0.3 is 16.0 Å². The number of aromatic nitrogens is 2. The molecule has 38 heavy (non-hydrogen) atoms. The highest BCUT2D eigenvalue weighted by atomic mass is 19.4. The number of aryl methyl sites for hydroxylation is 1. The number of halogens is 4. The van der Waals surface area contributed by atoms with Gasteiger partial charge in [0, 0.05) is 45.0 Å². The first-order valence-corrected chi connectivity index (χ1v) is 12.0. The van der Waals surface area contributed by atoms with Crippen molar-refractivity contribution >= 4 is 56.3 Å². The minimum atomic E-state index is -4.86. The van der Waals surface area contributed by atoms with Gasteiger partial charge in [-0.25, -0.2) is 9.37 Å². The van der Waals surface area contributed by atoms with Crippen molar-refractivity contribution in [2.75, 3.05) is 5.32 Å². The van der Waals surface area contributed by atoms with Crippen LogP contribution >= 0.6 is 0 Å². The van der Waals surface area contributed by atoms with Crippen LogP contribution in [0, 0.1) is 11.2 Å². The van der Waals surface area contributed by atoms with Gasteiger partial charge in [-0.1, -0.05) is 0 Å². The molecule has 10 heteroatoms. The van der Waals surface area contributed by atoms with Crippen LogP contribution in [0.3, 0.4) is 0 Å². The number of aromatic amines is 1. The number of carbonyl (C=O) groups excluding carboxylic acids is 1. The van der Waals surface area contributed by atoms with Crippen LogP contribution in [0.4, 0.5) is 23.2 Å². The van der Waals surface area contributed by atoms with Gasteiger partial charge in [0.15, 0.2) is 0 Å². The van der Waals surface area contributed by atoms with Gasteiger partial charge in [-0.15, -0.1) is 0 Å². The van der Waals surface area contributed by atoms with Gasteiger partial charge in [-0.05, 0) is 79.3 Å². The van der Waals surface area contributed by atoms with Gasteiger partial charge in [-0.2, -0.15) is 13.2 Å². The number of rotatable bonds is 3. The van der Waals surface area contributed by atoms with Gasteiger partial charge in [0.05, 0.1) is 16.8 Å². The quantitative estimate of drug-likeness (QED) is 0.149. The second-order valence-electron chi connectivity index (χ2n) is 9.43. The highest BCUT2D eigenvalue weighted by Gasteiger charge is 2.38. The van der Waals surface area contributed by atoms with Crippen LogP contribution in [0.2, 0.25) is 0 Å². The fourth-order valence-electron chi connectivity index (χ4n) is 5.45. The number of benzene rings is 2. The van der Waals surface area contributed by atoms with E-state index in [1.165, 1.54) is 18.2 Å². The number of carbonyl (C=O) groups is 1. The van der Waals surface area contributed by atoms with Crippen LogP contribution in [0.15, 0.2) is 42.6 Å². The molecule has 0 fully saturated rings. The highest BCUT2D eigenvalue weighted by molar-refractivity contribution is 6.35. The van der Waals surface area contributed by atoms with Crippen molar-refractivity contribution in [1.29, 1.82) is 5.41 Å². The Morgan fingerprint density at radius 1 is 1.08 bits per heavy atom. The summed E-state index contributed by atoms with van der Waals surface area (Å²) in [5.74, 6) is -0.794. The number of amides is 1. The molecule has 6 nitrogen and oxygen atoms in total. The van der Waals surface area contributed by atoms with Gasteiger partial charge in [-0.3, -0.25) is 10.2 Å². The fourth-order valence-corrected chi connectivity index (χ4v) is 5.45. The van der Waals surface area contributed by atoms with E-state index in [9.17, 15) is 22.4 Å². The maximum Gasteiger partial charge on any atom is 0.433 e. The topological polar surface area (TPSA) is 108 Å². The Hall–Kier alpha value is -4.47. The second-order valence-corrected chi connectivity index (χ2v) is 9.43. The van der Waals surface area contributed by atoms with E-state index in [1.807, 2.05) is 6.07 Å². The second kappa shape index (κ2) is 8.54. The molecule has 2 aliphatic rings. The van der Waals surface area contributed by atoms with Crippen LogP contribution in [0.5, 0.6) is 0 Å². The van der Waals surface area contributed by atoms with Crippen LogP contribution in [-0.2, 0) is 17.6 Å². The molecule has 1 aliphatic carbocycles. The molecule has 1 amide bonds. The number of pyridine rings is 1. The van der Waals surface area contributed by atoms with Crippen molar-refractivity contribution < 1.29 is 22.4 Å². The number of nitrogens with one attached hydrogen (secondary N) is 3. The Morgan fingerprint density at radius 2 is 1.84 bits per heavy atom. The third-order valence-electron chi connectivity index (χ3n) is 7.13. The number of nitrogens with two attached hydrogens (primary N) is 1. The molecule has 3 heterocycles. The SMILES string of the molecule is N=C(/C(=C\N)c1nc2ccc3[nH]c(/C=C4\C(=O)Nc5ccc(F)cc54)cc3c2c2c1CCCC2)C(F)(F)F. The lowest BCUT2D eigenvalue weighted by Gasteiger charge is -2.23. The number of H-pyrrole nitrogens is 1. The zero-order valence-corrected chi connectivity index (χ0v) is 19.9. The highest BCUT2D eigenvalue weighted by Crippen LogP contribution is 2.39. The number of fused-ring (bicyclic) bond motifs is 6. The van der Waals surface area contributed by atoms with Crippen LogP contribution in [0.25, 0.3) is 39.0 Å². The molecule has 0 bridgehead atoms. The Balaban J connectivity index is 1.54. The first-order valence-electron chi connectivity index (χ1n) is 12.0. The third kappa shape index (κ3) is 3.75. The first kappa shape index (κ1) is 23.9. The van der Waals surface area contributed by atoms with E-state index in [-0.39, 0.29) is 11.6 Å². The Morgan fingerprint density at radius 3 is 2.58 bits per heavy atom. The van der Waals surface area contributed by atoms with E-state index in [0.29, 0.717) is 46.4 Å². The van der Waals surface area contributed by atoms with E-state index in [0.717, 1.165) is 40.9 Å². The van der Waals surface area contributed by atoms with Crippen molar-refractivity contribution in [2.24, 2.45) is 5.73 Å². The summed E-state index contributed by atoms with van der Waals surface area (Å²) >= 11 is 0. The predicted molar refractivity (Wildman–Crippen MR) is 139 cm³/mol. The monoisotopic (exact) mass is 519 g/mol. The number of alkyl halides is 3. The zero-order valence-electron chi connectivity index (χ0n) is 19.9. The normalized spacial score (nSPS) is 16.7. The maximum atomic E-state index is 13.9. The molecular weight excluding hydrogens is 498 g/mol. The van der Waals surface area contributed by atoms with Crippen molar-refractivity contribution in [1.82, 2.24) is 9.97 Å². The first-order chi connectivity index (χ1) is 18.2. The van der Waals surface area contributed by atoms with Gasteiger partial charge in [0.25, 0.3) is 5.91 Å². The van der Waals surface area contributed by atoms with E-state index in [1.54, 1.807) is 18.2 Å². The minimum absolute atomic E-state index is 0.0931. The molecule has 0 saturated carbocycles. The summed E-state index contributed by atoms with van der Waals surface area (Å²) in [6.45, 7) is 0. The van der Waals surface area contributed by atoms with Gasteiger partial charge in [0.1, 0.15) is 11.5 Å². The minimum Gasteiger partial charge on any atom is -0.404 e. The summed E-state index contributed by atoms with van der Waals surface area (Å²) in [5.41, 5.74) is 8.48. The Bertz CT molecular complexity index is 1750. The van der Waals surface area contributed by atoms with Crippen molar-refractivity contribution in [2.45, 2.75) is 31.9 Å². The van der Waals surface area contributed by atoms with Crippen molar-refractivity contribution in [3.63, 3.8) is 0 Å². The molecular formula is C28H21F4N5O. The summed E-state index contributed by atoms with van der Waals surface area (Å²) in [5, 5.41) is 12.1. The third-order valence-corrected chi connectivity index (χ3v) is 7.13. The number of hydrogen-bond acceptors (Lipinski definition) is 4. The molecule has 1 aliphatic heterocycles. The molecule has 0 radical (unpaired) electrons. The van der Waals surface area contributed by atoms with Crippen molar-refractivity contribution in [3.05, 3.63) is 76.5 Å². The van der Waals surface area contributed by atoms with E-state index < -0.39 is 23.3 Å². The average molecular weight is 520 g/mol. The Kier molecular flexibility index (Phi) is 5.37. The number of allylic oxidation sites excluding steroid dienone is 1. The molecule has 0 atom stereocenters. The maximum absolute atomic E-state index is 13.9. The summed E-state index contributed by atoms with van der Waals surface area (Å²) in [6, 6.07) is 9.46. The molecule has 4 aromatic rings. The van der Waals surface area contributed by atoms with E-state index in [4.69, 9.17) is 11.1 Å². The predicted octanol–water partition coefficient (Wildman–Crippen LogP) is 6.11. The molecule has 0 spiro atoms. The number of anilines is 1. The molecule has 0 saturated heterocycles. The van der Waals surface area contributed by atoms with Gasteiger partial charge in [0.2, 0.25) is 0 Å². The van der Waals surface area contributed by atoms with Gasteiger partial charge >= 0.3 is 6.18 Å².